The van der Waals surface area contributed by atoms with Gasteiger partial charge in [-0.3, -0.25) is 0 Å². The van der Waals surface area contributed by atoms with Crippen molar-refractivity contribution in [1.82, 2.24) is 0 Å². The summed E-state index contributed by atoms with van der Waals surface area (Å²) in [5.41, 5.74) is 3.35. The number of carbonyl (C=O) groups is 2. The molecule has 1 aliphatic rings. The molecule has 1 unspecified atom stereocenters. The molecule has 1 aliphatic carbocycles. The molecule has 190 valence electrons. The fourth-order valence-electron chi connectivity index (χ4n) is 4.56. The second-order valence-electron chi connectivity index (χ2n) is 9.82. The van der Waals surface area contributed by atoms with Crippen LogP contribution in [0.5, 0.6) is 5.75 Å². The summed E-state index contributed by atoms with van der Waals surface area (Å²) >= 11 is 0. The Kier molecular flexibility index (Phi) is 9.40. The zero-order valence-electron chi connectivity index (χ0n) is 21.3. The van der Waals surface area contributed by atoms with Gasteiger partial charge in [0.25, 0.3) is 0 Å². The van der Waals surface area contributed by atoms with Crippen LogP contribution >= 0.6 is 0 Å². The molecule has 3 rings (SSSR count). The lowest BCUT2D eigenvalue weighted by Crippen LogP contribution is -2.40. The summed E-state index contributed by atoms with van der Waals surface area (Å²) in [6, 6.07) is 13.2. The molecule has 35 heavy (non-hydrogen) atoms. The molecule has 1 atom stereocenters. The molecule has 1 fully saturated rings. The minimum atomic E-state index is -1.01. The number of aliphatic carboxylic acids is 1. The summed E-state index contributed by atoms with van der Waals surface area (Å²) in [4.78, 5) is 26.9. The number of amides is 2. The Morgan fingerprint density at radius 2 is 1.74 bits per heavy atom. The lowest BCUT2D eigenvalue weighted by molar-refractivity contribution is -0.145. The summed E-state index contributed by atoms with van der Waals surface area (Å²) in [5.74, 6) is -0.146. The topological polar surface area (TPSA) is 90.9 Å². The Morgan fingerprint density at radius 1 is 1.06 bits per heavy atom. The van der Waals surface area contributed by atoms with Gasteiger partial charge in [0, 0.05) is 24.3 Å². The Labute approximate surface area is 208 Å². The van der Waals surface area contributed by atoms with Gasteiger partial charge in [-0.05, 0) is 56.4 Å². The zero-order chi connectivity index (χ0) is 25.4. The molecule has 0 radical (unpaired) electrons. The van der Waals surface area contributed by atoms with Crippen molar-refractivity contribution in [1.29, 1.82) is 0 Å². The first-order valence-electron chi connectivity index (χ1n) is 12.7. The third-order valence-electron chi connectivity index (χ3n) is 6.34. The van der Waals surface area contributed by atoms with Crippen molar-refractivity contribution in [3.63, 3.8) is 0 Å². The number of carboxylic acids is 1. The summed E-state index contributed by atoms with van der Waals surface area (Å²) in [5, 5.41) is 15.3. The van der Waals surface area contributed by atoms with Crippen LogP contribution in [0.2, 0.25) is 0 Å². The Bertz CT molecular complexity index is 984. The largest absolute Gasteiger partial charge is 0.479 e. The summed E-state index contributed by atoms with van der Waals surface area (Å²) in [7, 11) is 0. The van der Waals surface area contributed by atoms with Gasteiger partial charge < -0.3 is 25.4 Å². The molecular weight excluding hydrogens is 442 g/mol. The standard InChI is InChI=1S/C28H39N3O4/c1-5-26(27(32)33)35-23-15-16-25(31(18-19(2)3)22-9-7-6-8-10-22)24(17-23)30-28(34)29-21-13-11-20(4)12-14-21/h11-17,19,22,26H,5-10,18H2,1-4H3,(H,32,33)(H2,29,30,34). The van der Waals surface area contributed by atoms with E-state index in [0.29, 0.717) is 35.5 Å². The first-order chi connectivity index (χ1) is 16.8. The van der Waals surface area contributed by atoms with Gasteiger partial charge in [-0.2, -0.15) is 0 Å². The van der Waals surface area contributed by atoms with Crippen molar-refractivity contribution in [2.45, 2.75) is 78.4 Å². The molecule has 2 amide bonds. The van der Waals surface area contributed by atoms with Gasteiger partial charge in [0.1, 0.15) is 5.75 Å². The molecule has 0 spiro atoms. The summed E-state index contributed by atoms with van der Waals surface area (Å²) in [6.45, 7) is 9.03. The number of benzene rings is 2. The lowest BCUT2D eigenvalue weighted by Gasteiger charge is -2.38. The molecule has 0 heterocycles. The Morgan fingerprint density at radius 3 is 2.34 bits per heavy atom. The minimum absolute atomic E-state index is 0.343. The highest BCUT2D eigenvalue weighted by molar-refractivity contribution is 6.02. The van der Waals surface area contributed by atoms with Gasteiger partial charge in [0.15, 0.2) is 6.10 Å². The van der Waals surface area contributed by atoms with Gasteiger partial charge in [0.05, 0.1) is 11.4 Å². The SMILES string of the molecule is CCC(Oc1ccc(N(CC(C)C)C2CCCCC2)c(NC(=O)Nc2ccc(C)cc2)c1)C(=O)O. The van der Waals surface area contributed by atoms with E-state index in [-0.39, 0.29) is 6.03 Å². The van der Waals surface area contributed by atoms with E-state index in [4.69, 9.17) is 4.74 Å². The van der Waals surface area contributed by atoms with Crippen LogP contribution in [0.25, 0.3) is 0 Å². The number of hydrogen-bond acceptors (Lipinski definition) is 4. The average Bonchev–Trinajstić information content (AvgIpc) is 2.83. The highest BCUT2D eigenvalue weighted by Gasteiger charge is 2.26. The number of ether oxygens (including phenoxy) is 1. The number of urea groups is 1. The number of nitrogens with zero attached hydrogens (tertiary/aromatic N) is 1. The first-order valence-corrected chi connectivity index (χ1v) is 12.7. The van der Waals surface area contributed by atoms with Crippen LogP contribution in [-0.4, -0.2) is 35.8 Å². The third kappa shape index (κ3) is 7.64. The fourth-order valence-corrected chi connectivity index (χ4v) is 4.56. The van der Waals surface area contributed by atoms with Crippen molar-refractivity contribution in [2.24, 2.45) is 5.92 Å². The summed E-state index contributed by atoms with van der Waals surface area (Å²) < 4.78 is 5.75. The van der Waals surface area contributed by atoms with Crippen LogP contribution in [0.3, 0.4) is 0 Å². The number of anilines is 3. The van der Waals surface area contributed by atoms with Crippen molar-refractivity contribution in [2.75, 3.05) is 22.1 Å². The number of aryl methyl sites for hydroxylation is 1. The van der Waals surface area contributed by atoms with Crippen molar-refractivity contribution in [3.8, 4) is 5.75 Å². The smallest absolute Gasteiger partial charge is 0.344 e. The molecule has 0 aromatic heterocycles. The minimum Gasteiger partial charge on any atom is -0.479 e. The second kappa shape index (κ2) is 12.5. The number of hydrogen-bond donors (Lipinski definition) is 3. The van der Waals surface area contributed by atoms with Crippen molar-refractivity contribution >= 4 is 29.1 Å². The monoisotopic (exact) mass is 481 g/mol. The molecule has 0 saturated heterocycles. The summed E-state index contributed by atoms with van der Waals surface area (Å²) in [6.07, 6.45) is 5.31. The molecule has 3 N–H and O–H groups in total. The van der Waals surface area contributed by atoms with E-state index in [1.165, 1.54) is 19.3 Å². The Hall–Kier alpha value is -3.22. The highest BCUT2D eigenvalue weighted by atomic mass is 16.5. The van der Waals surface area contributed by atoms with E-state index < -0.39 is 12.1 Å². The van der Waals surface area contributed by atoms with Gasteiger partial charge in [-0.1, -0.05) is 57.7 Å². The Balaban J connectivity index is 1.92. The van der Waals surface area contributed by atoms with Gasteiger partial charge in [-0.25, -0.2) is 9.59 Å². The van der Waals surface area contributed by atoms with E-state index in [2.05, 4.69) is 29.4 Å². The molecule has 7 heteroatoms. The maximum Gasteiger partial charge on any atom is 0.344 e. The van der Waals surface area contributed by atoms with E-state index in [1.54, 1.807) is 19.1 Å². The molecule has 0 bridgehead atoms. The maximum absolute atomic E-state index is 13.0. The predicted octanol–water partition coefficient (Wildman–Crippen LogP) is 6.68. The average molecular weight is 482 g/mol. The van der Waals surface area contributed by atoms with E-state index in [9.17, 15) is 14.7 Å². The number of carboxylic acid groups (broad SMARTS) is 1. The van der Waals surface area contributed by atoms with Crippen LogP contribution in [-0.2, 0) is 4.79 Å². The van der Waals surface area contributed by atoms with E-state index >= 15 is 0 Å². The maximum atomic E-state index is 13.0. The van der Waals surface area contributed by atoms with Crippen LogP contribution in [0.4, 0.5) is 21.9 Å². The molecule has 2 aromatic rings. The third-order valence-corrected chi connectivity index (χ3v) is 6.34. The van der Waals surface area contributed by atoms with Crippen LogP contribution in [0, 0.1) is 12.8 Å². The quantitative estimate of drug-likeness (QED) is 0.352. The molecule has 7 nitrogen and oxygen atoms in total. The fraction of sp³-hybridized carbons (Fsp3) is 0.500. The number of carbonyl (C=O) groups excluding carboxylic acids is 1. The predicted molar refractivity (Wildman–Crippen MR) is 142 cm³/mol. The zero-order valence-corrected chi connectivity index (χ0v) is 21.3. The molecule has 2 aromatic carbocycles. The lowest BCUT2D eigenvalue weighted by atomic mass is 9.93. The first kappa shape index (κ1) is 26.4. The van der Waals surface area contributed by atoms with Gasteiger partial charge in [-0.15, -0.1) is 0 Å². The van der Waals surface area contributed by atoms with Crippen LogP contribution in [0.15, 0.2) is 42.5 Å². The van der Waals surface area contributed by atoms with Crippen LogP contribution < -0.4 is 20.3 Å². The molecular formula is C28H39N3O4. The van der Waals surface area contributed by atoms with Crippen molar-refractivity contribution in [3.05, 3.63) is 48.0 Å². The van der Waals surface area contributed by atoms with Crippen LogP contribution in [0.1, 0.15) is 64.9 Å². The number of rotatable bonds is 10. The van der Waals surface area contributed by atoms with Gasteiger partial charge in [0.2, 0.25) is 0 Å². The molecule has 0 aliphatic heterocycles. The van der Waals surface area contributed by atoms with Gasteiger partial charge >= 0.3 is 12.0 Å². The highest BCUT2D eigenvalue weighted by Crippen LogP contribution is 2.36. The van der Waals surface area contributed by atoms with E-state index in [0.717, 1.165) is 30.6 Å². The number of nitrogens with one attached hydrogen (secondary N) is 2. The van der Waals surface area contributed by atoms with Crippen molar-refractivity contribution < 1.29 is 19.4 Å². The normalized spacial score (nSPS) is 14.9. The second-order valence-corrected chi connectivity index (χ2v) is 9.82. The van der Waals surface area contributed by atoms with E-state index in [1.807, 2.05) is 37.3 Å². The molecule has 1 saturated carbocycles.